The minimum Gasteiger partial charge on any atom is -0.340 e. The van der Waals surface area contributed by atoms with Gasteiger partial charge < -0.3 is 4.90 Å². The van der Waals surface area contributed by atoms with E-state index in [1.54, 1.807) is 40.7 Å². The number of thiophene rings is 2. The largest absolute Gasteiger partial charge is 0.340 e. The molecule has 3 rings (SSSR count). The molecular formula is C17H16N2O2S3. The third-order valence-corrected chi connectivity index (χ3v) is 6.47. The van der Waals surface area contributed by atoms with Gasteiger partial charge in [-0.25, -0.2) is 4.98 Å². The summed E-state index contributed by atoms with van der Waals surface area (Å²) in [5, 5.41) is 6.89. The number of rotatable bonds is 6. The molecule has 7 heteroatoms. The minimum absolute atomic E-state index is 0.0218. The lowest BCUT2D eigenvalue weighted by molar-refractivity contribution is -0.129. The molecule has 0 fully saturated rings. The van der Waals surface area contributed by atoms with Gasteiger partial charge in [0, 0.05) is 12.4 Å². The van der Waals surface area contributed by atoms with Gasteiger partial charge in [0.25, 0.3) is 0 Å². The van der Waals surface area contributed by atoms with E-state index < -0.39 is 0 Å². The smallest absolute Gasteiger partial charge is 0.227 e. The zero-order chi connectivity index (χ0) is 17.1. The number of aromatic nitrogens is 1. The molecule has 0 atom stereocenters. The van der Waals surface area contributed by atoms with Crippen molar-refractivity contribution in [2.75, 3.05) is 7.05 Å². The number of Topliss-reactive ketones (excluding diaryl/α,β-unsaturated/α-hetero) is 1. The second kappa shape index (κ2) is 7.38. The van der Waals surface area contributed by atoms with Crippen LogP contribution >= 0.6 is 34.0 Å². The lowest BCUT2D eigenvalue weighted by atomic mass is 10.2. The van der Waals surface area contributed by atoms with E-state index in [9.17, 15) is 9.59 Å². The van der Waals surface area contributed by atoms with E-state index in [0.29, 0.717) is 17.8 Å². The average molecular weight is 377 g/mol. The van der Waals surface area contributed by atoms with Crippen molar-refractivity contribution in [3.05, 3.63) is 50.5 Å². The van der Waals surface area contributed by atoms with Crippen LogP contribution in [0.1, 0.15) is 27.9 Å². The summed E-state index contributed by atoms with van der Waals surface area (Å²) in [6.45, 7) is 2.03. The van der Waals surface area contributed by atoms with Crippen molar-refractivity contribution in [2.24, 2.45) is 0 Å². The first-order valence-corrected chi connectivity index (χ1v) is 9.97. The summed E-state index contributed by atoms with van der Waals surface area (Å²) >= 11 is 4.65. The van der Waals surface area contributed by atoms with E-state index in [1.165, 1.54) is 18.3 Å². The molecule has 124 valence electrons. The first kappa shape index (κ1) is 17.0. The Kier molecular flexibility index (Phi) is 5.23. The lowest BCUT2D eigenvalue weighted by Gasteiger charge is -2.15. The standard InChI is InChI=1S/C17H16N2O2S3/c1-11(20)15-6-12(9-23-15)7-16(21)19(2)8-13-10-24-17(18-13)14-4-3-5-22-14/h3-6,9-10H,7-8H2,1-2H3. The molecular weight excluding hydrogens is 360 g/mol. The van der Waals surface area contributed by atoms with Crippen LogP contribution in [-0.4, -0.2) is 28.6 Å². The van der Waals surface area contributed by atoms with Crippen molar-refractivity contribution < 1.29 is 9.59 Å². The van der Waals surface area contributed by atoms with Gasteiger partial charge in [-0.15, -0.1) is 34.0 Å². The molecule has 0 saturated carbocycles. The molecule has 4 nitrogen and oxygen atoms in total. The number of carbonyl (C=O) groups excluding carboxylic acids is 2. The molecule has 0 bridgehead atoms. The highest BCUT2D eigenvalue weighted by molar-refractivity contribution is 7.20. The zero-order valence-corrected chi connectivity index (χ0v) is 15.8. The highest BCUT2D eigenvalue weighted by Gasteiger charge is 2.14. The number of amides is 1. The molecule has 0 saturated heterocycles. The molecule has 1 amide bonds. The second-order valence-electron chi connectivity index (χ2n) is 5.42. The second-order valence-corrected chi connectivity index (χ2v) is 8.14. The van der Waals surface area contributed by atoms with Gasteiger partial charge in [-0.1, -0.05) is 6.07 Å². The van der Waals surface area contributed by atoms with Gasteiger partial charge in [-0.2, -0.15) is 0 Å². The summed E-state index contributed by atoms with van der Waals surface area (Å²) in [5.41, 5.74) is 1.79. The van der Waals surface area contributed by atoms with E-state index in [4.69, 9.17) is 0 Å². The number of thiazole rings is 1. The van der Waals surface area contributed by atoms with Crippen LogP contribution in [0, 0.1) is 0 Å². The Morgan fingerprint density at radius 2 is 2.04 bits per heavy atom. The molecule has 0 aliphatic carbocycles. The number of hydrogen-bond acceptors (Lipinski definition) is 6. The molecule has 0 radical (unpaired) electrons. The van der Waals surface area contributed by atoms with Crippen molar-refractivity contribution in [2.45, 2.75) is 19.9 Å². The van der Waals surface area contributed by atoms with Crippen LogP contribution in [0.4, 0.5) is 0 Å². The maximum Gasteiger partial charge on any atom is 0.227 e. The SMILES string of the molecule is CC(=O)c1cc(CC(=O)N(C)Cc2csc(-c3cccs3)n2)cs1. The lowest BCUT2D eigenvalue weighted by Crippen LogP contribution is -2.27. The van der Waals surface area contributed by atoms with Gasteiger partial charge in [0.05, 0.1) is 28.4 Å². The Bertz CT molecular complexity index is 849. The predicted molar refractivity (Wildman–Crippen MR) is 99.9 cm³/mol. The Labute approximate surface area is 152 Å². The summed E-state index contributed by atoms with van der Waals surface area (Å²) in [6.07, 6.45) is 0.308. The molecule has 3 heterocycles. The van der Waals surface area contributed by atoms with Gasteiger partial charge in [-0.05, 0) is 35.4 Å². The number of carbonyl (C=O) groups is 2. The third kappa shape index (κ3) is 3.98. The topological polar surface area (TPSA) is 50.3 Å². The molecule has 0 aliphatic rings. The fourth-order valence-corrected chi connectivity index (χ4v) is 4.63. The van der Waals surface area contributed by atoms with Gasteiger partial charge >= 0.3 is 0 Å². The highest BCUT2D eigenvalue weighted by Crippen LogP contribution is 2.28. The fraction of sp³-hybridized carbons (Fsp3) is 0.235. The van der Waals surface area contributed by atoms with Crippen molar-refractivity contribution in [1.82, 2.24) is 9.88 Å². The number of likely N-dealkylation sites (N-methyl/N-ethyl adjacent to an activating group) is 1. The van der Waals surface area contributed by atoms with Crippen molar-refractivity contribution in [1.29, 1.82) is 0 Å². The Balaban J connectivity index is 1.60. The molecule has 0 aromatic carbocycles. The highest BCUT2D eigenvalue weighted by atomic mass is 32.1. The van der Waals surface area contributed by atoms with E-state index in [-0.39, 0.29) is 11.7 Å². The monoisotopic (exact) mass is 376 g/mol. The van der Waals surface area contributed by atoms with Crippen molar-refractivity contribution in [3.8, 4) is 9.88 Å². The summed E-state index contributed by atoms with van der Waals surface area (Å²) < 4.78 is 0. The fourth-order valence-electron chi connectivity index (χ4n) is 2.19. The third-order valence-electron chi connectivity index (χ3n) is 3.46. The molecule has 24 heavy (non-hydrogen) atoms. The first-order valence-electron chi connectivity index (χ1n) is 7.33. The van der Waals surface area contributed by atoms with Crippen LogP contribution < -0.4 is 0 Å². The van der Waals surface area contributed by atoms with Crippen LogP contribution in [0.3, 0.4) is 0 Å². The van der Waals surface area contributed by atoms with Crippen LogP contribution in [0.25, 0.3) is 9.88 Å². The van der Waals surface area contributed by atoms with E-state index in [0.717, 1.165) is 21.1 Å². The maximum absolute atomic E-state index is 12.4. The number of ketones is 1. The molecule has 0 aliphatic heterocycles. The molecule has 3 aromatic rings. The molecule has 0 spiro atoms. The number of nitrogens with zero attached hydrogens (tertiary/aromatic N) is 2. The Morgan fingerprint density at radius 1 is 1.21 bits per heavy atom. The van der Waals surface area contributed by atoms with E-state index in [2.05, 4.69) is 4.98 Å². The normalized spacial score (nSPS) is 10.8. The van der Waals surface area contributed by atoms with Crippen LogP contribution in [0.5, 0.6) is 0 Å². The van der Waals surface area contributed by atoms with Crippen LogP contribution in [-0.2, 0) is 17.8 Å². The van der Waals surface area contributed by atoms with Crippen molar-refractivity contribution in [3.63, 3.8) is 0 Å². The average Bonchev–Trinajstić information content (AvgIpc) is 3.28. The molecule has 0 unspecified atom stereocenters. The van der Waals surface area contributed by atoms with Gasteiger partial charge in [0.1, 0.15) is 5.01 Å². The summed E-state index contributed by atoms with van der Waals surface area (Å²) in [6, 6.07) is 5.86. The van der Waals surface area contributed by atoms with Crippen molar-refractivity contribution >= 4 is 45.7 Å². The van der Waals surface area contributed by atoms with Crippen LogP contribution in [0.15, 0.2) is 34.3 Å². The summed E-state index contributed by atoms with van der Waals surface area (Å²) in [7, 11) is 1.78. The number of hydrogen-bond donors (Lipinski definition) is 0. The first-order chi connectivity index (χ1) is 11.5. The van der Waals surface area contributed by atoms with Crippen LogP contribution in [0.2, 0.25) is 0 Å². The summed E-state index contributed by atoms with van der Waals surface area (Å²) in [5.74, 6) is 0.0595. The van der Waals surface area contributed by atoms with Gasteiger partial charge in [0.15, 0.2) is 5.78 Å². The molecule has 0 N–H and O–H groups in total. The van der Waals surface area contributed by atoms with E-state index >= 15 is 0 Å². The minimum atomic E-state index is 0.0218. The zero-order valence-electron chi connectivity index (χ0n) is 13.3. The summed E-state index contributed by atoms with van der Waals surface area (Å²) in [4.78, 5) is 31.8. The quantitative estimate of drug-likeness (QED) is 0.602. The molecule has 3 aromatic heterocycles. The van der Waals surface area contributed by atoms with E-state index in [1.807, 2.05) is 28.3 Å². The van der Waals surface area contributed by atoms with Gasteiger partial charge in [0.2, 0.25) is 5.91 Å². The maximum atomic E-state index is 12.4. The van der Waals surface area contributed by atoms with Gasteiger partial charge in [-0.3, -0.25) is 9.59 Å². The predicted octanol–water partition coefficient (Wildman–Crippen LogP) is 4.34. The Hall–Kier alpha value is -1.83. The Morgan fingerprint density at radius 3 is 2.71 bits per heavy atom.